The molecule has 1 atom stereocenters. The zero-order chi connectivity index (χ0) is 15.0. The number of sulfone groups is 1. The molecule has 9 heteroatoms. The lowest BCUT2D eigenvalue weighted by molar-refractivity contribution is 0.540. The molecule has 1 aliphatic rings. The van der Waals surface area contributed by atoms with Crippen LogP contribution in [0.3, 0.4) is 0 Å². The molecule has 0 spiro atoms. The quantitative estimate of drug-likeness (QED) is 0.760. The van der Waals surface area contributed by atoms with Gasteiger partial charge in [-0.1, -0.05) is 6.92 Å². The maximum absolute atomic E-state index is 12.5. The molecule has 3 N–H and O–H groups in total. The number of hydrogen-bond acceptors (Lipinski definition) is 6. The third kappa shape index (κ3) is 3.06. The van der Waals surface area contributed by atoms with E-state index in [-0.39, 0.29) is 8.42 Å². The number of aryl methyl sites for hydroxylation is 1. The van der Waals surface area contributed by atoms with E-state index >= 15 is 0 Å². The standard InChI is InChI=1S/C11H18N2O4S3/c1-2-13-6-5-9-4-3-8-7-10(20(12,16)17)18-11(8)19(9,14)15/h7,9,13H,2-6H2,1H3,(H2,12,16,17). The lowest BCUT2D eigenvalue weighted by Crippen LogP contribution is -2.30. The van der Waals surface area contributed by atoms with Gasteiger partial charge in [-0.05, 0) is 44.0 Å². The molecule has 20 heavy (non-hydrogen) atoms. The molecule has 1 aromatic heterocycles. The maximum atomic E-state index is 12.5. The van der Waals surface area contributed by atoms with Gasteiger partial charge in [0.15, 0.2) is 9.84 Å². The zero-order valence-electron chi connectivity index (χ0n) is 11.1. The van der Waals surface area contributed by atoms with Crippen molar-refractivity contribution >= 4 is 31.2 Å². The number of nitrogens with one attached hydrogen (secondary N) is 1. The second-order valence-electron chi connectivity index (χ2n) is 4.77. The van der Waals surface area contributed by atoms with Gasteiger partial charge in [-0.25, -0.2) is 22.0 Å². The summed E-state index contributed by atoms with van der Waals surface area (Å²) in [6.07, 6.45) is 1.65. The predicted octanol–water partition coefficient (Wildman–Crippen LogP) is 0.484. The Labute approximate surface area is 123 Å². The molecule has 0 bridgehead atoms. The van der Waals surface area contributed by atoms with Gasteiger partial charge in [-0.3, -0.25) is 0 Å². The van der Waals surface area contributed by atoms with Crippen LogP contribution >= 0.6 is 11.3 Å². The van der Waals surface area contributed by atoms with Crippen molar-refractivity contribution in [2.75, 3.05) is 13.1 Å². The molecule has 114 valence electrons. The highest BCUT2D eigenvalue weighted by atomic mass is 32.3. The molecule has 1 aromatic rings. The maximum Gasteiger partial charge on any atom is 0.247 e. The Morgan fingerprint density at radius 3 is 2.80 bits per heavy atom. The Balaban J connectivity index is 2.31. The van der Waals surface area contributed by atoms with Gasteiger partial charge < -0.3 is 5.32 Å². The fraction of sp³-hybridized carbons (Fsp3) is 0.636. The summed E-state index contributed by atoms with van der Waals surface area (Å²) in [5.74, 6) is 0. The van der Waals surface area contributed by atoms with Crippen molar-refractivity contribution in [2.45, 2.75) is 39.9 Å². The van der Waals surface area contributed by atoms with Crippen LogP contribution in [0.1, 0.15) is 25.3 Å². The van der Waals surface area contributed by atoms with Crippen LogP contribution in [-0.2, 0) is 26.3 Å². The minimum absolute atomic E-state index is 0.0709. The van der Waals surface area contributed by atoms with E-state index in [4.69, 9.17) is 5.14 Å². The zero-order valence-corrected chi connectivity index (χ0v) is 13.6. The van der Waals surface area contributed by atoms with E-state index < -0.39 is 25.1 Å². The van der Waals surface area contributed by atoms with Gasteiger partial charge in [0.05, 0.1) is 5.25 Å². The fourth-order valence-corrected chi connectivity index (χ4v) is 6.99. The second-order valence-corrected chi connectivity index (χ2v) is 10.0. The van der Waals surface area contributed by atoms with Crippen LogP contribution in [0.15, 0.2) is 14.5 Å². The van der Waals surface area contributed by atoms with E-state index in [0.717, 1.165) is 17.9 Å². The Morgan fingerprint density at radius 1 is 1.50 bits per heavy atom. The number of primary sulfonamides is 1. The van der Waals surface area contributed by atoms with Gasteiger partial charge >= 0.3 is 0 Å². The van der Waals surface area contributed by atoms with E-state index in [1.54, 1.807) is 0 Å². The van der Waals surface area contributed by atoms with Crippen LogP contribution in [-0.4, -0.2) is 35.2 Å². The van der Waals surface area contributed by atoms with Crippen molar-refractivity contribution in [1.82, 2.24) is 5.32 Å². The summed E-state index contributed by atoms with van der Waals surface area (Å²) in [4.78, 5) is 0. The first kappa shape index (κ1) is 15.9. The summed E-state index contributed by atoms with van der Waals surface area (Å²) < 4.78 is 47.8. The first-order valence-corrected chi connectivity index (χ1v) is 10.3. The third-order valence-electron chi connectivity index (χ3n) is 3.35. The lowest BCUT2D eigenvalue weighted by atomic mass is 10.1. The average molecular weight is 338 g/mol. The highest BCUT2D eigenvalue weighted by molar-refractivity contribution is 7.95. The minimum atomic E-state index is -3.84. The number of sulfonamides is 1. The molecule has 0 aromatic carbocycles. The molecule has 0 aliphatic carbocycles. The van der Waals surface area contributed by atoms with Gasteiger partial charge in [0, 0.05) is 0 Å². The number of nitrogens with two attached hydrogens (primary N) is 1. The van der Waals surface area contributed by atoms with Crippen LogP contribution in [0.4, 0.5) is 0 Å². The molecule has 2 rings (SSSR count). The van der Waals surface area contributed by atoms with Crippen molar-refractivity contribution in [3.63, 3.8) is 0 Å². The Bertz CT molecular complexity index is 691. The van der Waals surface area contributed by atoms with Crippen LogP contribution in [0.2, 0.25) is 0 Å². The number of fused-ring (bicyclic) bond motifs is 1. The summed E-state index contributed by atoms with van der Waals surface area (Å²) in [5, 5.41) is 7.73. The second kappa shape index (κ2) is 5.72. The Kier molecular flexibility index (Phi) is 4.55. The van der Waals surface area contributed by atoms with Crippen molar-refractivity contribution in [3.05, 3.63) is 11.6 Å². The van der Waals surface area contributed by atoms with Crippen LogP contribution in [0, 0.1) is 0 Å². The molecule has 2 heterocycles. The molecule has 0 amide bonds. The number of hydrogen-bond donors (Lipinski definition) is 2. The predicted molar refractivity (Wildman–Crippen MR) is 78.1 cm³/mol. The van der Waals surface area contributed by atoms with Crippen LogP contribution < -0.4 is 10.5 Å². The molecular formula is C11H18N2O4S3. The Hall–Kier alpha value is -0.480. The summed E-state index contributed by atoms with van der Waals surface area (Å²) >= 11 is 0.771. The highest BCUT2D eigenvalue weighted by Gasteiger charge is 2.36. The SMILES string of the molecule is CCNCCC1CCc2cc(S(N)(=O)=O)sc2S1(=O)=O. The van der Waals surface area contributed by atoms with Crippen LogP contribution in [0.5, 0.6) is 0 Å². The topological polar surface area (TPSA) is 106 Å². The van der Waals surface area contributed by atoms with Crippen molar-refractivity contribution in [3.8, 4) is 0 Å². The van der Waals surface area contributed by atoms with E-state index in [1.165, 1.54) is 6.07 Å². The van der Waals surface area contributed by atoms with Gasteiger partial charge in [-0.2, -0.15) is 0 Å². The molecule has 0 radical (unpaired) electrons. The van der Waals surface area contributed by atoms with Gasteiger partial charge in [-0.15, -0.1) is 11.3 Å². The normalized spacial score (nSPS) is 21.6. The van der Waals surface area contributed by atoms with Crippen molar-refractivity contribution in [1.29, 1.82) is 0 Å². The first-order chi connectivity index (χ1) is 9.26. The average Bonchev–Trinajstić information content (AvgIpc) is 2.77. The summed E-state index contributed by atoms with van der Waals surface area (Å²) in [6.45, 7) is 3.40. The van der Waals surface area contributed by atoms with E-state index in [1.807, 2.05) is 6.92 Å². The lowest BCUT2D eigenvalue weighted by Gasteiger charge is -2.22. The smallest absolute Gasteiger partial charge is 0.247 e. The summed E-state index contributed by atoms with van der Waals surface area (Å²) in [7, 11) is -7.29. The van der Waals surface area contributed by atoms with Crippen molar-refractivity contribution in [2.24, 2.45) is 5.14 Å². The number of rotatable bonds is 5. The summed E-state index contributed by atoms with van der Waals surface area (Å²) in [5.41, 5.74) is 0.582. The summed E-state index contributed by atoms with van der Waals surface area (Å²) in [6, 6.07) is 1.40. The third-order valence-corrected chi connectivity index (χ3v) is 8.82. The molecule has 1 unspecified atom stereocenters. The Morgan fingerprint density at radius 2 is 2.20 bits per heavy atom. The molecule has 0 fully saturated rings. The monoisotopic (exact) mass is 338 g/mol. The van der Waals surface area contributed by atoms with E-state index in [0.29, 0.717) is 31.4 Å². The van der Waals surface area contributed by atoms with Gasteiger partial charge in [0.1, 0.15) is 8.42 Å². The van der Waals surface area contributed by atoms with E-state index in [9.17, 15) is 16.8 Å². The largest absolute Gasteiger partial charge is 0.317 e. The highest BCUT2D eigenvalue weighted by Crippen LogP contribution is 2.38. The molecular weight excluding hydrogens is 320 g/mol. The fourth-order valence-electron chi connectivity index (χ4n) is 2.31. The number of thiophene rings is 1. The molecule has 6 nitrogen and oxygen atoms in total. The molecule has 1 aliphatic heterocycles. The van der Waals surface area contributed by atoms with Gasteiger partial charge in [0.2, 0.25) is 10.0 Å². The van der Waals surface area contributed by atoms with Gasteiger partial charge in [0.25, 0.3) is 0 Å². The molecule has 0 saturated heterocycles. The molecule has 0 saturated carbocycles. The first-order valence-electron chi connectivity index (χ1n) is 6.37. The van der Waals surface area contributed by atoms with Crippen LogP contribution in [0.25, 0.3) is 0 Å². The van der Waals surface area contributed by atoms with E-state index in [2.05, 4.69) is 5.32 Å². The minimum Gasteiger partial charge on any atom is -0.317 e. The van der Waals surface area contributed by atoms with Crippen molar-refractivity contribution < 1.29 is 16.8 Å².